The van der Waals surface area contributed by atoms with Crippen molar-refractivity contribution in [2.24, 2.45) is 0 Å². The molecular weight excluding hydrogens is 280 g/mol. The molecule has 0 bridgehead atoms. The van der Waals surface area contributed by atoms with Crippen LogP contribution in [0.2, 0.25) is 0 Å². The number of carbonyl (C=O) groups excluding carboxylic acids is 1. The van der Waals surface area contributed by atoms with Gasteiger partial charge in [0.05, 0.1) is 0 Å². The molecule has 2 nitrogen and oxygen atoms in total. The van der Waals surface area contributed by atoms with Gasteiger partial charge in [-0.1, -0.05) is 40.2 Å². The van der Waals surface area contributed by atoms with E-state index in [-0.39, 0.29) is 12.1 Å². The maximum Gasteiger partial charge on any atom is 0.303 e. The van der Waals surface area contributed by atoms with Crippen LogP contribution in [0.25, 0.3) is 10.8 Å². The van der Waals surface area contributed by atoms with Gasteiger partial charge in [-0.15, -0.1) is 0 Å². The Morgan fingerprint density at radius 3 is 2.94 bits per heavy atom. The molecule has 17 heavy (non-hydrogen) atoms. The highest BCUT2D eigenvalue weighted by Crippen LogP contribution is 2.41. The van der Waals surface area contributed by atoms with Crippen LogP contribution in [0.5, 0.6) is 0 Å². The van der Waals surface area contributed by atoms with Gasteiger partial charge in [-0.3, -0.25) is 4.79 Å². The fourth-order valence-corrected chi connectivity index (χ4v) is 2.99. The Labute approximate surface area is 108 Å². The number of benzene rings is 2. The van der Waals surface area contributed by atoms with Crippen molar-refractivity contribution in [3.05, 3.63) is 45.9 Å². The number of ether oxygens (including phenoxy) is 1. The first-order valence-electron chi connectivity index (χ1n) is 5.54. The topological polar surface area (TPSA) is 26.3 Å². The normalized spacial score (nSPS) is 17.4. The summed E-state index contributed by atoms with van der Waals surface area (Å²) in [7, 11) is 0. The zero-order valence-electron chi connectivity index (χ0n) is 9.37. The number of esters is 1. The monoisotopic (exact) mass is 290 g/mol. The van der Waals surface area contributed by atoms with E-state index < -0.39 is 0 Å². The molecule has 1 aliphatic carbocycles. The van der Waals surface area contributed by atoms with Gasteiger partial charge in [0.25, 0.3) is 0 Å². The smallest absolute Gasteiger partial charge is 0.303 e. The highest BCUT2D eigenvalue weighted by Gasteiger charge is 2.26. The SMILES string of the molecule is CC(=O)OC1Cc2cccc3c(Br)ccc1c23. The molecule has 1 atom stereocenters. The summed E-state index contributed by atoms with van der Waals surface area (Å²) in [5.74, 6) is -0.223. The number of carbonyl (C=O) groups is 1. The van der Waals surface area contributed by atoms with Crippen molar-refractivity contribution in [3.8, 4) is 0 Å². The van der Waals surface area contributed by atoms with Crippen LogP contribution in [0.1, 0.15) is 24.2 Å². The van der Waals surface area contributed by atoms with Crippen molar-refractivity contribution in [1.82, 2.24) is 0 Å². The van der Waals surface area contributed by atoms with Gasteiger partial charge in [0.15, 0.2) is 0 Å². The third-order valence-electron chi connectivity index (χ3n) is 3.17. The molecule has 0 saturated carbocycles. The van der Waals surface area contributed by atoms with E-state index in [1.54, 1.807) is 0 Å². The summed E-state index contributed by atoms with van der Waals surface area (Å²) in [6.45, 7) is 1.46. The first kappa shape index (κ1) is 10.8. The summed E-state index contributed by atoms with van der Waals surface area (Å²) in [4.78, 5) is 11.1. The lowest BCUT2D eigenvalue weighted by Crippen LogP contribution is -2.06. The highest BCUT2D eigenvalue weighted by atomic mass is 79.9. The second kappa shape index (κ2) is 3.84. The quantitative estimate of drug-likeness (QED) is 0.748. The predicted octanol–water partition coefficient (Wildman–Crippen LogP) is 3.76. The summed E-state index contributed by atoms with van der Waals surface area (Å²) in [5.41, 5.74) is 2.37. The molecule has 3 heteroatoms. The van der Waals surface area contributed by atoms with E-state index in [9.17, 15) is 4.79 Å². The molecule has 1 unspecified atom stereocenters. The Morgan fingerprint density at radius 2 is 2.18 bits per heavy atom. The Kier molecular flexibility index (Phi) is 2.44. The van der Waals surface area contributed by atoms with Gasteiger partial charge < -0.3 is 4.74 Å². The third kappa shape index (κ3) is 1.65. The Hall–Kier alpha value is -1.35. The van der Waals surface area contributed by atoms with Crippen LogP contribution in [0.3, 0.4) is 0 Å². The maximum absolute atomic E-state index is 11.1. The van der Waals surface area contributed by atoms with Crippen molar-refractivity contribution < 1.29 is 9.53 Å². The lowest BCUT2D eigenvalue weighted by Gasteiger charge is -2.11. The molecule has 0 aromatic heterocycles. The fourth-order valence-electron chi connectivity index (χ4n) is 2.53. The molecule has 0 spiro atoms. The fraction of sp³-hybridized carbons (Fsp3) is 0.214. The number of halogens is 1. The molecule has 0 aliphatic heterocycles. The average molecular weight is 291 g/mol. The minimum atomic E-state index is -0.223. The molecule has 0 fully saturated rings. The maximum atomic E-state index is 11.1. The van der Waals surface area contributed by atoms with E-state index in [1.165, 1.54) is 23.3 Å². The lowest BCUT2D eigenvalue weighted by atomic mass is 10.1. The zero-order valence-corrected chi connectivity index (χ0v) is 11.0. The minimum Gasteiger partial charge on any atom is -0.457 e. The van der Waals surface area contributed by atoms with Gasteiger partial charge >= 0.3 is 5.97 Å². The van der Waals surface area contributed by atoms with Crippen molar-refractivity contribution in [3.63, 3.8) is 0 Å². The first-order valence-corrected chi connectivity index (χ1v) is 6.33. The van der Waals surface area contributed by atoms with Crippen molar-refractivity contribution in [2.45, 2.75) is 19.4 Å². The number of rotatable bonds is 1. The van der Waals surface area contributed by atoms with Crippen LogP contribution < -0.4 is 0 Å². The van der Waals surface area contributed by atoms with Gasteiger partial charge in [0.2, 0.25) is 0 Å². The minimum absolute atomic E-state index is 0.125. The van der Waals surface area contributed by atoms with E-state index >= 15 is 0 Å². The lowest BCUT2D eigenvalue weighted by molar-refractivity contribution is -0.146. The molecule has 0 amide bonds. The molecule has 0 heterocycles. The van der Waals surface area contributed by atoms with Crippen LogP contribution in [-0.4, -0.2) is 5.97 Å². The van der Waals surface area contributed by atoms with Crippen LogP contribution in [0.4, 0.5) is 0 Å². The molecule has 0 N–H and O–H groups in total. The molecule has 2 aromatic rings. The van der Waals surface area contributed by atoms with E-state index in [2.05, 4.69) is 28.1 Å². The van der Waals surface area contributed by atoms with Gasteiger partial charge in [0, 0.05) is 23.4 Å². The van der Waals surface area contributed by atoms with Crippen LogP contribution in [-0.2, 0) is 16.0 Å². The largest absolute Gasteiger partial charge is 0.457 e. The highest BCUT2D eigenvalue weighted by molar-refractivity contribution is 9.10. The van der Waals surface area contributed by atoms with E-state index in [0.717, 1.165) is 16.5 Å². The van der Waals surface area contributed by atoms with Crippen LogP contribution >= 0.6 is 15.9 Å². The molecular formula is C14H11BrO2. The summed E-state index contributed by atoms with van der Waals surface area (Å²) in [5, 5.41) is 2.42. The van der Waals surface area contributed by atoms with Crippen molar-refractivity contribution >= 4 is 32.7 Å². The van der Waals surface area contributed by atoms with Crippen LogP contribution in [0, 0.1) is 0 Å². The Bertz CT molecular complexity index is 619. The third-order valence-corrected chi connectivity index (χ3v) is 3.86. The van der Waals surface area contributed by atoms with Crippen molar-refractivity contribution in [1.29, 1.82) is 0 Å². The molecule has 0 saturated heterocycles. The average Bonchev–Trinajstić information content (AvgIpc) is 2.62. The predicted molar refractivity (Wildman–Crippen MR) is 69.9 cm³/mol. The number of hydrogen-bond donors (Lipinski definition) is 0. The summed E-state index contributed by atoms with van der Waals surface area (Å²) < 4.78 is 6.45. The Morgan fingerprint density at radius 1 is 1.35 bits per heavy atom. The second-order valence-corrected chi connectivity index (χ2v) is 5.13. The van der Waals surface area contributed by atoms with Gasteiger partial charge in [-0.05, 0) is 22.4 Å². The summed E-state index contributed by atoms with van der Waals surface area (Å²) >= 11 is 3.56. The second-order valence-electron chi connectivity index (χ2n) is 4.28. The van der Waals surface area contributed by atoms with Gasteiger partial charge in [-0.25, -0.2) is 0 Å². The van der Waals surface area contributed by atoms with E-state index in [0.29, 0.717) is 0 Å². The number of hydrogen-bond acceptors (Lipinski definition) is 2. The molecule has 0 radical (unpaired) electrons. The molecule has 86 valence electrons. The Balaban J connectivity index is 2.21. The summed E-state index contributed by atoms with van der Waals surface area (Å²) in [6, 6.07) is 10.3. The van der Waals surface area contributed by atoms with Gasteiger partial charge in [0.1, 0.15) is 6.10 Å². The van der Waals surface area contributed by atoms with E-state index in [1.807, 2.05) is 18.2 Å². The molecule has 1 aliphatic rings. The standard InChI is InChI=1S/C14H11BrO2/c1-8(16)17-13-7-9-3-2-4-10-12(15)6-5-11(13)14(9)10/h2-6,13H,7H2,1H3. The van der Waals surface area contributed by atoms with Crippen LogP contribution in [0.15, 0.2) is 34.8 Å². The van der Waals surface area contributed by atoms with Gasteiger partial charge in [-0.2, -0.15) is 0 Å². The van der Waals surface area contributed by atoms with E-state index in [4.69, 9.17) is 4.74 Å². The molecule has 2 aromatic carbocycles. The first-order chi connectivity index (χ1) is 8.16. The summed E-state index contributed by atoms with van der Waals surface area (Å²) in [6.07, 6.45) is 0.656. The van der Waals surface area contributed by atoms with Crippen molar-refractivity contribution in [2.75, 3.05) is 0 Å². The molecule has 3 rings (SSSR count). The zero-order chi connectivity index (χ0) is 12.0.